The Balaban J connectivity index is 2.42. The van der Waals surface area contributed by atoms with Crippen LogP contribution in [0, 0.1) is 0 Å². The molecule has 0 aromatic rings. The van der Waals surface area contributed by atoms with E-state index < -0.39 is 24.0 Å². The lowest BCUT2D eigenvalue weighted by atomic mass is 10.1. The first-order valence-corrected chi connectivity index (χ1v) is 7.92. The molecule has 0 spiro atoms. The molecule has 0 aromatic carbocycles. The largest absolute Gasteiger partial charge is 0.480 e. The number of carbonyl (C=O) groups excluding carboxylic acids is 1. The molecule has 126 valence electrons. The molecule has 2 atom stereocenters. The summed E-state index contributed by atoms with van der Waals surface area (Å²) < 4.78 is 10.9. The fraction of sp³-hybridized carbons (Fsp3) is 0.750. The second-order valence-electron chi connectivity index (χ2n) is 5.62. The average Bonchev–Trinajstić information content (AvgIpc) is 2.74. The van der Waals surface area contributed by atoms with Crippen molar-refractivity contribution < 1.29 is 24.2 Å². The Morgan fingerprint density at radius 3 is 2.50 bits per heavy atom. The van der Waals surface area contributed by atoms with E-state index in [9.17, 15) is 9.59 Å². The monoisotopic (exact) mass is 313 g/mol. The molecule has 2 unspecified atom stereocenters. The highest BCUT2D eigenvalue weighted by atomic mass is 16.5. The molecule has 6 heteroatoms. The van der Waals surface area contributed by atoms with Crippen molar-refractivity contribution in [3.63, 3.8) is 0 Å². The van der Waals surface area contributed by atoms with Crippen LogP contribution in [0.15, 0.2) is 12.7 Å². The number of carboxylic acid groups (broad SMARTS) is 1. The van der Waals surface area contributed by atoms with Gasteiger partial charge in [-0.25, -0.2) is 4.79 Å². The third kappa shape index (κ3) is 7.04. The van der Waals surface area contributed by atoms with Gasteiger partial charge in [-0.3, -0.25) is 4.79 Å². The summed E-state index contributed by atoms with van der Waals surface area (Å²) in [5.74, 6) is -1.54. The highest BCUT2D eigenvalue weighted by Crippen LogP contribution is 2.20. The van der Waals surface area contributed by atoms with Gasteiger partial charge < -0.3 is 19.9 Å². The minimum Gasteiger partial charge on any atom is -0.480 e. The smallest absolute Gasteiger partial charge is 0.328 e. The summed E-state index contributed by atoms with van der Waals surface area (Å²) >= 11 is 0. The van der Waals surface area contributed by atoms with Crippen molar-refractivity contribution in [2.75, 3.05) is 13.2 Å². The van der Waals surface area contributed by atoms with Crippen LogP contribution in [0.1, 0.15) is 45.4 Å². The molecule has 1 fully saturated rings. The average molecular weight is 313 g/mol. The lowest BCUT2D eigenvalue weighted by Crippen LogP contribution is -2.48. The summed E-state index contributed by atoms with van der Waals surface area (Å²) in [6.45, 7) is 5.29. The molecule has 0 aromatic heterocycles. The zero-order chi connectivity index (χ0) is 16.4. The van der Waals surface area contributed by atoms with Crippen molar-refractivity contribution >= 4 is 11.9 Å². The molecule has 22 heavy (non-hydrogen) atoms. The predicted molar refractivity (Wildman–Crippen MR) is 82.6 cm³/mol. The van der Waals surface area contributed by atoms with E-state index in [0.717, 1.165) is 25.7 Å². The number of hydrogen-bond acceptors (Lipinski definition) is 4. The second-order valence-corrected chi connectivity index (χ2v) is 5.62. The topological polar surface area (TPSA) is 84.9 Å². The van der Waals surface area contributed by atoms with Crippen LogP contribution < -0.4 is 5.32 Å². The van der Waals surface area contributed by atoms with Gasteiger partial charge in [-0.1, -0.05) is 31.8 Å². The Hall–Kier alpha value is -1.40. The molecule has 1 aliphatic rings. The minimum absolute atomic E-state index is 0.0866. The van der Waals surface area contributed by atoms with E-state index in [2.05, 4.69) is 11.9 Å². The van der Waals surface area contributed by atoms with Gasteiger partial charge >= 0.3 is 5.97 Å². The number of ether oxygens (including phenoxy) is 2. The lowest BCUT2D eigenvalue weighted by Gasteiger charge is -2.22. The molecule has 0 bridgehead atoms. The molecule has 2 N–H and O–H groups in total. The van der Waals surface area contributed by atoms with Crippen molar-refractivity contribution in [1.82, 2.24) is 5.32 Å². The van der Waals surface area contributed by atoms with Crippen LogP contribution in [0.3, 0.4) is 0 Å². The van der Waals surface area contributed by atoms with E-state index in [4.69, 9.17) is 14.6 Å². The van der Waals surface area contributed by atoms with E-state index in [1.165, 1.54) is 18.9 Å². The molecule has 0 aliphatic heterocycles. The van der Waals surface area contributed by atoms with E-state index in [1.54, 1.807) is 6.92 Å². The summed E-state index contributed by atoms with van der Waals surface area (Å²) in [7, 11) is 0. The van der Waals surface area contributed by atoms with Crippen LogP contribution in [-0.2, 0) is 19.1 Å². The maximum atomic E-state index is 12.1. The molecule has 0 saturated heterocycles. The molecule has 1 saturated carbocycles. The van der Waals surface area contributed by atoms with Crippen molar-refractivity contribution in [1.29, 1.82) is 0 Å². The van der Waals surface area contributed by atoms with Gasteiger partial charge in [0.15, 0.2) is 6.04 Å². The Morgan fingerprint density at radius 2 is 1.95 bits per heavy atom. The first kappa shape index (κ1) is 18.6. The number of aliphatic carboxylic acids is 1. The summed E-state index contributed by atoms with van der Waals surface area (Å²) in [6, 6.07) is -1.08. The Morgan fingerprint density at radius 1 is 1.32 bits per heavy atom. The Labute approximate surface area is 131 Å². The maximum Gasteiger partial charge on any atom is 0.328 e. The Kier molecular flexibility index (Phi) is 8.77. The molecular weight excluding hydrogens is 286 g/mol. The second kappa shape index (κ2) is 10.3. The van der Waals surface area contributed by atoms with Crippen molar-refractivity contribution in [2.24, 2.45) is 0 Å². The molecular formula is C16H27NO5. The Bertz CT molecular complexity index is 364. The van der Waals surface area contributed by atoms with Gasteiger partial charge in [0.05, 0.1) is 19.3 Å². The molecule has 6 nitrogen and oxygen atoms in total. The highest BCUT2D eigenvalue weighted by molar-refractivity contribution is 5.86. The quantitative estimate of drug-likeness (QED) is 0.386. The maximum absolute atomic E-state index is 12.1. The molecule has 0 heterocycles. The predicted octanol–water partition coefficient (Wildman–Crippen LogP) is 1.89. The first-order valence-electron chi connectivity index (χ1n) is 7.92. The lowest BCUT2D eigenvalue weighted by molar-refractivity contribution is -0.147. The molecule has 1 rings (SSSR count). The van der Waals surface area contributed by atoms with Crippen molar-refractivity contribution in [3.05, 3.63) is 12.7 Å². The van der Waals surface area contributed by atoms with Crippen LogP contribution >= 0.6 is 0 Å². The first-order chi connectivity index (χ1) is 10.5. The van der Waals surface area contributed by atoms with Gasteiger partial charge in [0.25, 0.3) is 0 Å². The fourth-order valence-corrected chi connectivity index (χ4v) is 2.46. The van der Waals surface area contributed by atoms with E-state index in [1.807, 2.05) is 0 Å². The van der Waals surface area contributed by atoms with Crippen LogP contribution in [0.25, 0.3) is 0 Å². The summed E-state index contributed by atoms with van der Waals surface area (Å²) in [5, 5.41) is 11.6. The SMILES string of the molecule is C=CCOCC(NC(=O)C(C)OC1CCCCCC1)C(=O)O. The number of carboxylic acids is 1. The number of carbonyl (C=O) groups is 2. The molecule has 0 radical (unpaired) electrons. The van der Waals surface area contributed by atoms with Crippen LogP contribution in [0.4, 0.5) is 0 Å². The van der Waals surface area contributed by atoms with Crippen LogP contribution in [0.5, 0.6) is 0 Å². The van der Waals surface area contributed by atoms with E-state index >= 15 is 0 Å². The van der Waals surface area contributed by atoms with Gasteiger partial charge in [-0.05, 0) is 19.8 Å². The minimum atomic E-state index is -1.13. The third-order valence-electron chi connectivity index (χ3n) is 3.70. The highest BCUT2D eigenvalue weighted by Gasteiger charge is 2.25. The van der Waals surface area contributed by atoms with Gasteiger partial charge in [-0.15, -0.1) is 6.58 Å². The van der Waals surface area contributed by atoms with Crippen molar-refractivity contribution in [3.8, 4) is 0 Å². The number of rotatable bonds is 9. The third-order valence-corrected chi connectivity index (χ3v) is 3.70. The van der Waals surface area contributed by atoms with Crippen molar-refractivity contribution in [2.45, 2.75) is 63.7 Å². The van der Waals surface area contributed by atoms with Gasteiger partial charge in [-0.2, -0.15) is 0 Å². The molecule has 1 aliphatic carbocycles. The van der Waals surface area contributed by atoms with Gasteiger partial charge in [0.2, 0.25) is 5.91 Å². The van der Waals surface area contributed by atoms with Crippen LogP contribution in [0.2, 0.25) is 0 Å². The van der Waals surface area contributed by atoms with Gasteiger partial charge in [0.1, 0.15) is 6.10 Å². The van der Waals surface area contributed by atoms with Crippen LogP contribution in [-0.4, -0.2) is 48.4 Å². The summed E-state index contributed by atoms with van der Waals surface area (Å²) in [5.41, 5.74) is 0. The fourth-order valence-electron chi connectivity index (χ4n) is 2.46. The number of hydrogen-bond donors (Lipinski definition) is 2. The normalized spacial score (nSPS) is 19.0. The zero-order valence-electron chi connectivity index (χ0n) is 13.3. The zero-order valence-corrected chi connectivity index (χ0v) is 13.3. The van der Waals surface area contributed by atoms with E-state index in [0.29, 0.717) is 0 Å². The van der Waals surface area contributed by atoms with Gasteiger partial charge in [0, 0.05) is 0 Å². The number of amides is 1. The van der Waals surface area contributed by atoms with E-state index in [-0.39, 0.29) is 19.3 Å². The molecule has 1 amide bonds. The summed E-state index contributed by atoms with van der Waals surface area (Å²) in [4.78, 5) is 23.2. The summed E-state index contributed by atoms with van der Waals surface area (Å²) in [6.07, 6.45) is 7.53. The number of nitrogens with one attached hydrogen (secondary N) is 1. The standard InChI is InChI=1S/C16H27NO5/c1-3-10-21-11-14(16(19)20)17-15(18)12(2)22-13-8-6-4-5-7-9-13/h3,12-14H,1,4-11H2,2H3,(H,17,18)(H,19,20).